The van der Waals surface area contributed by atoms with Gasteiger partial charge in [0, 0.05) is 63.8 Å². The van der Waals surface area contributed by atoms with Gasteiger partial charge in [-0.25, -0.2) is 23.2 Å². The number of piperazine rings is 1. The Bertz CT molecular complexity index is 1180. The zero-order valence-electron chi connectivity index (χ0n) is 15.6. The lowest BCUT2D eigenvalue weighted by Crippen LogP contribution is -2.64. The summed E-state index contributed by atoms with van der Waals surface area (Å²) in [6.45, 7) is 4.24. The van der Waals surface area contributed by atoms with Crippen molar-refractivity contribution in [1.29, 1.82) is 0 Å². The molecule has 0 radical (unpaired) electrons. The first-order chi connectivity index (χ1) is 14.0. The van der Waals surface area contributed by atoms with Gasteiger partial charge in [0.15, 0.2) is 5.58 Å². The Labute approximate surface area is 166 Å². The van der Waals surface area contributed by atoms with Crippen LogP contribution in [0.1, 0.15) is 0 Å². The molecule has 29 heavy (non-hydrogen) atoms. The number of fused-ring (bicyclic) bond motifs is 1. The molecule has 0 atom stereocenters. The minimum atomic E-state index is -3.61. The largest absolute Gasteiger partial charge is 0.417 e. The van der Waals surface area contributed by atoms with Gasteiger partial charge in [-0.15, -0.1) is 0 Å². The number of H-pyrrole nitrogens is 1. The van der Waals surface area contributed by atoms with Crippen molar-refractivity contribution >= 4 is 27.1 Å². The average molecular weight is 416 g/mol. The van der Waals surface area contributed by atoms with E-state index < -0.39 is 15.8 Å². The summed E-state index contributed by atoms with van der Waals surface area (Å²) in [6.07, 6.45) is 3.47. The van der Waals surface area contributed by atoms with Crippen molar-refractivity contribution in [2.75, 3.05) is 44.2 Å². The molecule has 1 N–H and O–H groups in total. The van der Waals surface area contributed by atoms with Gasteiger partial charge in [-0.05, 0) is 18.2 Å². The van der Waals surface area contributed by atoms with Crippen LogP contribution in [-0.4, -0.2) is 77.9 Å². The number of nitrogens with one attached hydrogen (secondary N) is 1. The molecule has 0 unspecified atom stereocenters. The van der Waals surface area contributed by atoms with Crippen LogP contribution in [0.5, 0.6) is 0 Å². The summed E-state index contributed by atoms with van der Waals surface area (Å²) in [7, 11) is -3.61. The molecule has 10 nitrogen and oxygen atoms in total. The normalized spacial score (nSPS) is 19.5. The quantitative estimate of drug-likeness (QED) is 0.637. The van der Waals surface area contributed by atoms with Crippen LogP contribution in [0, 0.1) is 0 Å². The molecule has 5 rings (SSSR count). The van der Waals surface area contributed by atoms with Crippen LogP contribution < -0.4 is 10.7 Å². The van der Waals surface area contributed by atoms with E-state index in [2.05, 4.69) is 24.8 Å². The van der Waals surface area contributed by atoms with Crippen LogP contribution >= 0.6 is 0 Å². The lowest BCUT2D eigenvalue weighted by molar-refractivity contribution is 0.0826. The number of anilines is 1. The van der Waals surface area contributed by atoms with Crippen LogP contribution in [0.4, 0.5) is 5.95 Å². The van der Waals surface area contributed by atoms with E-state index >= 15 is 0 Å². The van der Waals surface area contributed by atoms with Gasteiger partial charge in [0.1, 0.15) is 0 Å². The van der Waals surface area contributed by atoms with Gasteiger partial charge in [0.2, 0.25) is 16.0 Å². The number of hydrogen-bond acceptors (Lipinski definition) is 8. The molecule has 0 aliphatic carbocycles. The fraction of sp³-hybridized carbons (Fsp3) is 0.389. The van der Waals surface area contributed by atoms with Crippen molar-refractivity contribution in [3.8, 4) is 0 Å². The van der Waals surface area contributed by atoms with Crippen LogP contribution in [0.15, 0.2) is 50.8 Å². The molecule has 2 aliphatic rings. The SMILES string of the molecule is O=c1[nH]c2ccc(S(=O)(=O)N3CC(N4CCN(c5ncccn5)CC4)C3)cc2o1. The molecule has 0 amide bonds. The molecule has 4 heterocycles. The molecule has 2 saturated heterocycles. The topological polar surface area (TPSA) is 116 Å². The maximum atomic E-state index is 12.9. The molecular weight excluding hydrogens is 396 g/mol. The van der Waals surface area contributed by atoms with Crippen molar-refractivity contribution in [3.05, 3.63) is 47.2 Å². The highest BCUT2D eigenvalue weighted by Crippen LogP contribution is 2.27. The van der Waals surface area contributed by atoms with E-state index in [0.29, 0.717) is 18.6 Å². The van der Waals surface area contributed by atoms with E-state index in [1.165, 1.54) is 16.4 Å². The predicted octanol–water partition coefficient (Wildman–Crippen LogP) is 0.106. The lowest BCUT2D eigenvalue weighted by atomic mass is 10.1. The number of nitrogens with zero attached hydrogens (tertiary/aromatic N) is 5. The first kappa shape index (κ1) is 18.3. The summed E-state index contributed by atoms with van der Waals surface area (Å²) < 4.78 is 32.2. The average Bonchev–Trinajstić information content (AvgIpc) is 3.07. The Morgan fingerprint density at radius 2 is 1.79 bits per heavy atom. The summed E-state index contributed by atoms with van der Waals surface area (Å²) in [4.78, 5) is 27.0. The molecule has 0 spiro atoms. The molecule has 0 saturated carbocycles. The van der Waals surface area contributed by atoms with Crippen molar-refractivity contribution < 1.29 is 12.8 Å². The first-order valence-corrected chi connectivity index (χ1v) is 10.8. The van der Waals surface area contributed by atoms with E-state index in [1.54, 1.807) is 24.5 Å². The molecule has 0 bridgehead atoms. The van der Waals surface area contributed by atoms with E-state index in [0.717, 1.165) is 32.1 Å². The zero-order chi connectivity index (χ0) is 20.0. The highest BCUT2D eigenvalue weighted by atomic mass is 32.2. The first-order valence-electron chi connectivity index (χ1n) is 9.40. The second kappa shape index (κ2) is 6.94. The van der Waals surface area contributed by atoms with Gasteiger partial charge in [0.05, 0.1) is 10.4 Å². The van der Waals surface area contributed by atoms with Crippen molar-refractivity contribution in [3.63, 3.8) is 0 Å². The molecule has 152 valence electrons. The minimum absolute atomic E-state index is 0.136. The molecule has 11 heteroatoms. The molecule has 2 fully saturated rings. The van der Waals surface area contributed by atoms with Gasteiger partial charge in [-0.3, -0.25) is 9.88 Å². The zero-order valence-corrected chi connectivity index (χ0v) is 16.4. The fourth-order valence-electron chi connectivity index (χ4n) is 3.82. The van der Waals surface area contributed by atoms with Gasteiger partial charge < -0.3 is 9.32 Å². The van der Waals surface area contributed by atoms with E-state index in [1.807, 2.05) is 0 Å². The summed E-state index contributed by atoms with van der Waals surface area (Å²) in [5.74, 6) is 0.135. The fourth-order valence-corrected chi connectivity index (χ4v) is 5.35. The minimum Gasteiger partial charge on any atom is -0.408 e. The van der Waals surface area contributed by atoms with Crippen molar-refractivity contribution in [2.45, 2.75) is 10.9 Å². The molecular formula is C18H20N6O4S. The molecule has 1 aromatic carbocycles. The Morgan fingerprint density at radius 3 is 2.52 bits per heavy atom. The Morgan fingerprint density at radius 1 is 1.07 bits per heavy atom. The van der Waals surface area contributed by atoms with Gasteiger partial charge in [0.25, 0.3) is 0 Å². The van der Waals surface area contributed by atoms with Gasteiger partial charge in [-0.1, -0.05) is 0 Å². The monoisotopic (exact) mass is 416 g/mol. The highest BCUT2D eigenvalue weighted by molar-refractivity contribution is 7.89. The third kappa shape index (κ3) is 3.30. The second-order valence-corrected chi connectivity index (χ2v) is 9.16. The predicted molar refractivity (Wildman–Crippen MR) is 105 cm³/mol. The summed E-state index contributed by atoms with van der Waals surface area (Å²) in [5.41, 5.74) is 0.725. The van der Waals surface area contributed by atoms with Crippen molar-refractivity contribution in [2.24, 2.45) is 0 Å². The summed E-state index contributed by atoms with van der Waals surface area (Å²) >= 11 is 0. The number of aromatic amines is 1. The maximum absolute atomic E-state index is 12.9. The Balaban J connectivity index is 1.21. The van der Waals surface area contributed by atoms with Gasteiger partial charge in [-0.2, -0.15) is 4.31 Å². The van der Waals surface area contributed by atoms with Crippen LogP contribution in [0.25, 0.3) is 11.1 Å². The van der Waals surface area contributed by atoms with E-state index in [9.17, 15) is 13.2 Å². The standard InChI is InChI=1S/C18H20N6O4S/c25-18-21-15-3-2-14(10-16(15)28-18)29(26,27)24-11-13(12-24)22-6-8-23(9-7-22)17-19-4-1-5-20-17/h1-5,10,13H,6-9,11-12H2,(H,21,25). The number of oxazole rings is 1. The van der Waals surface area contributed by atoms with Crippen LogP contribution in [-0.2, 0) is 10.0 Å². The van der Waals surface area contributed by atoms with Crippen LogP contribution in [0.3, 0.4) is 0 Å². The summed E-state index contributed by atoms with van der Waals surface area (Å²) in [6, 6.07) is 6.45. The Kier molecular flexibility index (Phi) is 4.37. The smallest absolute Gasteiger partial charge is 0.408 e. The van der Waals surface area contributed by atoms with E-state index in [4.69, 9.17) is 4.42 Å². The Hall–Kier alpha value is -2.76. The van der Waals surface area contributed by atoms with Crippen LogP contribution in [0.2, 0.25) is 0 Å². The molecule has 2 aromatic heterocycles. The highest BCUT2D eigenvalue weighted by Gasteiger charge is 2.40. The third-order valence-electron chi connectivity index (χ3n) is 5.52. The van der Waals surface area contributed by atoms with Crippen molar-refractivity contribution in [1.82, 2.24) is 24.2 Å². The summed E-state index contributed by atoms with van der Waals surface area (Å²) in [5, 5.41) is 0. The number of rotatable bonds is 4. The lowest BCUT2D eigenvalue weighted by Gasteiger charge is -2.47. The number of benzene rings is 1. The number of hydrogen-bond donors (Lipinski definition) is 1. The molecule has 3 aromatic rings. The third-order valence-corrected chi connectivity index (χ3v) is 7.35. The van der Waals surface area contributed by atoms with E-state index in [-0.39, 0.29) is 16.5 Å². The molecule has 2 aliphatic heterocycles. The number of sulfonamides is 1. The second-order valence-electron chi connectivity index (χ2n) is 7.22. The maximum Gasteiger partial charge on any atom is 0.417 e. The van der Waals surface area contributed by atoms with Gasteiger partial charge >= 0.3 is 5.76 Å². The number of aromatic nitrogens is 3.